The Balaban J connectivity index is 1.51. The molecule has 1 spiro atoms. The van der Waals surface area contributed by atoms with Gasteiger partial charge in [0.05, 0.1) is 17.8 Å². The third kappa shape index (κ3) is 2.91. The minimum atomic E-state index is -0.821. The lowest BCUT2D eigenvalue weighted by atomic mass is 9.82. The van der Waals surface area contributed by atoms with Gasteiger partial charge in [-0.05, 0) is 24.5 Å². The molecule has 6 heteroatoms. The highest BCUT2D eigenvalue weighted by Crippen LogP contribution is 2.35. The third-order valence-electron chi connectivity index (χ3n) is 6.30. The number of imide groups is 1. The first-order chi connectivity index (χ1) is 14.6. The predicted molar refractivity (Wildman–Crippen MR) is 114 cm³/mol. The van der Waals surface area contributed by atoms with Gasteiger partial charge in [0, 0.05) is 10.9 Å². The average Bonchev–Trinajstić information content (AvgIpc) is 3.26. The van der Waals surface area contributed by atoms with Gasteiger partial charge in [-0.1, -0.05) is 67.8 Å². The van der Waals surface area contributed by atoms with Gasteiger partial charge in [-0.15, -0.1) is 0 Å². The summed E-state index contributed by atoms with van der Waals surface area (Å²) in [6, 6.07) is 16.8. The number of rotatable bonds is 4. The molecule has 5 rings (SSSR count). The predicted octanol–water partition coefficient (Wildman–Crippen LogP) is 4.27. The molecule has 1 saturated heterocycles. The van der Waals surface area contributed by atoms with Crippen molar-refractivity contribution in [2.45, 2.75) is 37.6 Å². The summed E-state index contributed by atoms with van der Waals surface area (Å²) in [6.07, 6.45) is 4.18. The number of carbonyl (C=O) groups excluding carboxylic acids is 3. The van der Waals surface area contributed by atoms with Gasteiger partial charge in [-0.2, -0.15) is 0 Å². The van der Waals surface area contributed by atoms with Crippen molar-refractivity contribution in [1.29, 1.82) is 0 Å². The molecular formula is C24H23N3O3. The minimum Gasteiger partial charge on any atom is -0.354 e. The number of nitrogens with one attached hydrogen (secondary N) is 2. The normalized spacial score (nSPS) is 18.2. The molecule has 2 N–H and O–H groups in total. The van der Waals surface area contributed by atoms with Crippen LogP contribution in [0.4, 0.5) is 4.79 Å². The molecular weight excluding hydrogens is 378 g/mol. The lowest BCUT2D eigenvalue weighted by Gasteiger charge is -2.30. The number of Topliss-reactive ketones (excluding diaryl/α,β-unsaturated/α-hetero) is 1. The number of ketones is 1. The van der Waals surface area contributed by atoms with Crippen molar-refractivity contribution in [2.24, 2.45) is 0 Å². The maximum atomic E-state index is 13.4. The van der Waals surface area contributed by atoms with Crippen molar-refractivity contribution in [2.75, 3.05) is 6.54 Å². The fourth-order valence-corrected chi connectivity index (χ4v) is 4.79. The molecule has 2 aliphatic rings. The summed E-state index contributed by atoms with van der Waals surface area (Å²) in [5.41, 5.74) is 2.14. The fourth-order valence-electron chi connectivity index (χ4n) is 4.79. The highest BCUT2D eigenvalue weighted by Gasteiger charge is 2.51. The largest absolute Gasteiger partial charge is 0.354 e. The van der Waals surface area contributed by atoms with E-state index in [0.29, 0.717) is 24.1 Å². The van der Waals surface area contributed by atoms with Crippen molar-refractivity contribution < 1.29 is 14.4 Å². The Labute approximate surface area is 174 Å². The number of nitrogens with zero attached hydrogens (tertiary/aromatic N) is 1. The number of fused-ring (bicyclic) bond motifs is 1. The fraction of sp³-hybridized carbons (Fsp3) is 0.292. The maximum Gasteiger partial charge on any atom is 0.325 e. The topological polar surface area (TPSA) is 82.3 Å². The zero-order valence-corrected chi connectivity index (χ0v) is 16.6. The second-order valence-electron chi connectivity index (χ2n) is 8.17. The quantitative estimate of drug-likeness (QED) is 0.506. The van der Waals surface area contributed by atoms with E-state index in [1.165, 1.54) is 0 Å². The standard InChI is InChI=1S/C24H23N3O3/c28-19(15-27-22(29)24(26-23(27)30)13-7-2-8-14-24)20-17-11-5-6-12-18(17)25-21(20)16-9-3-1-4-10-16/h1,3-6,9-12,25H,2,7-8,13-15H2,(H,26,30). The molecule has 0 unspecified atom stereocenters. The number of hydrogen-bond acceptors (Lipinski definition) is 3. The molecule has 2 fully saturated rings. The molecule has 2 aromatic carbocycles. The molecule has 152 valence electrons. The summed E-state index contributed by atoms with van der Waals surface area (Å²) >= 11 is 0. The van der Waals surface area contributed by atoms with Crippen LogP contribution < -0.4 is 5.32 Å². The Morgan fingerprint density at radius 2 is 1.63 bits per heavy atom. The molecule has 1 saturated carbocycles. The number of amides is 3. The van der Waals surface area contributed by atoms with E-state index in [0.717, 1.165) is 40.6 Å². The van der Waals surface area contributed by atoms with E-state index in [2.05, 4.69) is 10.3 Å². The van der Waals surface area contributed by atoms with Crippen LogP contribution in [0.3, 0.4) is 0 Å². The Bertz CT molecular complexity index is 1140. The zero-order chi connectivity index (χ0) is 20.7. The maximum absolute atomic E-state index is 13.4. The van der Waals surface area contributed by atoms with Crippen LogP contribution in [0.25, 0.3) is 22.2 Å². The summed E-state index contributed by atoms with van der Waals surface area (Å²) < 4.78 is 0. The Hall–Kier alpha value is -3.41. The van der Waals surface area contributed by atoms with Crippen molar-refractivity contribution in [3.05, 3.63) is 60.2 Å². The number of carbonyl (C=O) groups is 3. The molecule has 6 nitrogen and oxygen atoms in total. The second-order valence-corrected chi connectivity index (χ2v) is 8.17. The van der Waals surface area contributed by atoms with Gasteiger partial charge in [0.15, 0.2) is 5.78 Å². The van der Waals surface area contributed by atoms with Crippen LogP contribution in [0.2, 0.25) is 0 Å². The molecule has 1 aromatic heterocycles. The average molecular weight is 401 g/mol. The number of aromatic nitrogens is 1. The Morgan fingerprint density at radius 3 is 2.40 bits per heavy atom. The number of urea groups is 1. The van der Waals surface area contributed by atoms with E-state index in [9.17, 15) is 14.4 Å². The molecule has 3 amide bonds. The lowest BCUT2D eigenvalue weighted by molar-refractivity contribution is -0.132. The van der Waals surface area contributed by atoms with Crippen LogP contribution in [0, 0.1) is 0 Å². The summed E-state index contributed by atoms with van der Waals surface area (Å²) in [7, 11) is 0. The van der Waals surface area contributed by atoms with Crippen molar-refractivity contribution >= 4 is 28.6 Å². The number of hydrogen-bond donors (Lipinski definition) is 2. The van der Waals surface area contributed by atoms with E-state index in [1.807, 2.05) is 54.6 Å². The molecule has 3 aromatic rings. The summed E-state index contributed by atoms with van der Waals surface area (Å²) in [4.78, 5) is 43.6. The molecule has 1 aliphatic heterocycles. The van der Waals surface area contributed by atoms with Crippen molar-refractivity contribution in [3.8, 4) is 11.3 Å². The van der Waals surface area contributed by atoms with Gasteiger partial charge in [0.1, 0.15) is 5.54 Å². The van der Waals surface area contributed by atoms with Gasteiger partial charge in [-0.25, -0.2) is 4.79 Å². The third-order valence-corrected chi connectivity index (χ3v) is 6.30. The number of aromatic amines is 1. The molecule has 2 heterocycles. The SMILES string of the molecule is O=C(CN1C(=O)NC2(CCCCC2)C1=O)c1c(-c2ccccc2)[nH]c2ccccc12. The van der Waals surface area contributed by atoms with Crippen molar-refractivity contribution in [3.63, 3.8) is 0 Å². The number of para-hydroxylation sites is 1. The summed E-state index contributed by atoms with van der Waals surface area (Å²) in [6.45, 7) is -0.256. The van der Waals surface area contributed by atoms with Crippen LogP contribution in [-0.2, 0) is 4.79 Å². The first-order valence-electron chi connectivity index (χ1n) is 10.4. The van der Waals surface area contributed by atoms with Crippen LogP contribution in [0.1, 0.15) is 42.5 Å². The molecule has 0 atom stereocenters. The molecule has 0 radical (unpaired) electrons. The van der Waals surface area contributed by atoms with E-state index < -0.39 is 11.6 Å². The highest BCUT2D eigenvalue weighted by molar-refractivity contribution is 6.17. The van der Waals surface area contributed by atoms with Gasteiger partial charge in [0.2, 0.25) is 0 Å². The van der Waals surface area contributed by atoms with Crippen LogP contribution in [0.5, 0.6) is 0 Å². The van der Waals surface area contributed by atoms with Gasteiger partial charge >= 0.3 is 6.03 Å². The first kappa shape index (κ1) is 18.6. The van der Waals surface area contributed by atoms with Crippen LogP contribution >= 0.6 is 0 Å². The Kier molecular flexibility index (Phi) is 4.42. The number of benzene rings is 2. The smallest absolute Gasteiger partial charge is 0.325 e. The van der Waals surface area contributed by atoms with Gasteiger partial charge in [-0.3, -0.25) is 14.5 Å². The van der Waals surface area contributed by atoms with E-state index in [-0.39, 0.29) is 18.2 Å². The second kappa shape index (κ2) is 7.13. The molecule has 30 heavy (non-hydrogen) atoms. The van der Waals surface area contributed by atoms with E-state index in [1.54, 1.807) is 0 Å². The highest BCUT2D eigenvalue weighted by atomic mass is 16.2. The zero-order valence-electron chi connectivity index (χ0n) is 16.6. The summed E-state index contributed by atoms with van der Waals surface area (Å²) in [5.74, 6) is -0.510. The van der Waals surface area contributed by atoms with Crippen LogP contribution in [0.15, 0.2) is 54.6 Å². The molecule has 0 bridgehead atoms. The van der Waals surface area contributed by atoms with E-state index in [4.69, 9.17) is 0 Å². The van der Waals surface area contributed by atoms with Gasteiger partial charge < -0.3 is 10.3 Å². The monoisotopic (exact) mass is 401 g/mol. The Morgan fingerprint density at radius 1 is 0.933 bits per heavy atom. The number of H-pyrrole nitrogens is 1. The minimum absolute atomic E-state index is 0.248. The van der Waals surface area contributed by atoms with Gasteiger partial charge in [0.25, 0.3) is 5.91 Å². The van der Waals surface area contributed by atoms with Crippen LogP contribution in [-0.4, -0.2) is 39.7 Å². The van der Waals surface area contributed by atoms with E-state index >= 15 is 0 Å². The first-order valence-corrected chi connectivity index (χ1v) is 10.4. The van der Waals surface area contributed by atoms with Crippen molar-refractivity contribution in [1.82, 2.24) is 15.2 Å². The summed E-state index contributed by atoms with van der Waals surface area (Å²) in [5, 5.41) is 3.67. The lowest BCUT2D eigenvalue weighted by Crippen LogP contribution is -2.48. The molecule has 1 aliphatic carbocycles.